The number of nitrogens with one attached hydrogen (secondary N) is 1. The van der Waals surface area contributed by atoms with E-state index in [1.54, 1.807) is 23.0 Å². The van der Waals surface area contributed by atoms with Gasteiger partial charge in [0.2, 0.25) is 0 Å². The number of likely N-dealkylation sites (tertiary alicyclic amines) is 1. The fourth-order valence-electron chi connectivity index (χ4n) is 4.38. The molecule has 2 N–H and O–H groups in total. The molecule has 1 aliphatic rings. The van der Waals surface area contributed by atoms with Gasteiger partial charge in [0.1, 0.15) is 19.4 Å². The molecular formula is C24H25BN6O. The van der Waals surface area contributed by atoms with Crippen molar-refractivity contribution in [2.75, 3.05) is 18.4 Å². The van der Waals surface area contributed by atoms with Gasteiger partial charge in [-0.15, -0.1) is 0 Å². The number of nitrogens with zero attached hydrogens (tertiary/aromatic N) is 5. The van der Waals surface area contributed by atoms with E-state index in [0.29, 0.717) is 29.3 Å². The van der Waals surface area contributed by atoms with Gasteiger partial charge in [0.25, 0.3) is 0 Å². The Kier molecular flexibility index (Phi) is 5.77. The summed E-state index contributed by atoms with van der Waals surface area (Å²) in [5.74, 6) is 1.48. The monoisotopic (exact) mass is 424 g/mol. The second-order valence-electron chi connectivity index (χ2n) is 8.36. The van der Waals surface area contributed by atoms with E-state index in [9.17, 15) is 5.11 Å². The second kappa shape index (κ2) is 9.00. The molecule has 4 aromatic rings. The van der Waals surface area contributed by atoms with Crippen molar-refractivity contribution in [2.45, 2.75) is 31.8 Å². The van der Waals surface area contributed by atoms with Crippen molar-refractivity contribution in [3.63, 3.8) is 0 Å². The Hall–Kier alpha value is -3.39. The normalized spacial score (nSPS) is 16.9. The van der Waals surface area contributed by atoms with Crippen LogP contribution in [-0.2, 0) is 13.1 Å². The van der Waals surface area contributed by atoms with E-state index in [0.717, 1.165) is 55.1 Å². The van der Waals surface area contributed by atoms with Gasteiger partial charge < -0.3 is 10.4 Å². The van der Waals surface area contributed by atoms with Crippen molar-refractivity contribution in [1.29, 1.82) is 0 Å². The number of aromatic hydroxyl groups is 1. The SMILES string of the molecule is [B]c1cnn2c(NCc3cccnc3)cc(C3CCCN(Cc4cccc(O)c4)C3)nc12. The summed E-state index contributed by atoms with van der Waals surface area (Å²) in [6, 6.07) is 13.6. The lowest BCUT2D eigenvalue weighted by Crippen LogP contribution is -2.34. The van der Waals surface area contributed by atoms with Crippen molar-refractivity contribution in [3.8, 4) is 5.75 Å². The third-order valence-electron chi connectivity index (χ3n) is 5.96. The lowest BCUT2D eigenvalue weighted by molar-refractivity contribution is 0.198. The highest BCUT2D eigenvalue weighted by Gasteiger charge is 2.24. The summed E-state index contributed by atoms with van der Waals surface area (Å²) in [4.78, 5) is 11.5. The molecule has 0 spiro atoms. The number of anilines is 1. The minimum absolute atomic E-state index is 0.305. The third kappa shape index (κ3) is 4.45. The van der Waals surface area contributed by atoms with Gasteiger partial charge in [-0.1, -0.05) is 18.2 Å². The molecule has 160 valence electrons. The van der Waals surface area contributed by atoms with E-state index in [1.807, 2.05) is 30.5 Å². The standard InChI is InChI=1S/C24H25BN6O/c25-21-14-28-31-23(27-13-18-5-2-8-26-12-18)11-22(29-24(21)31)19-6-3-9-30(16-19)15-17-4-1-7-20(32)10-17/h1-2,4-5,7-8,10-12,14,19,27,32H,3,6,9,13,15-16H2. The van der Waals surface area contributed by atoms with Gasteiger partial charge in [0.15, 0.2) is 5.65 Å². The summed E-state index contributed by atoms with van der Waals surface area (Å²) in [6.45, 7) is 3.40. The molecule has 1 aromatic carbocycles. The molecule has 1 unspecified atom stereocenters. The van der Waals surface area contributed by atoms with Gasteiger partial charge in [-0.25, -0.2) is 4.98 Å². The predicted octanol–water partition coefficient (Wildman–Crippen LogP) is 2.62. The number of hydrogen-bond donors (Lipinski definition) is 2. The van der Waals surface area contributed by atoms with Crippen LogP contribution >= 0.6 is 0 Å². The fourth-order valence-corrected chi connectivity index (χ4v) is 4.38. The Bertz CT molecular complexity index is 1210. The van der Waals surface area contributed by atoms with Crippen LogP contribution in [0.1, 0.15) is 35.6 Å². The topological polar surface area (TPSA) is 78.6 Å². The molecular weight excluding hydrogens is 399 g/mol. The van der Waals surface area contributed by atoms with Gasteiger partial charge in [0.05, 0.1) is 5.69 Å². The molecule has 7 nitrogen and oxygen atoms in total. The molecule has 0 bridgehead atoms. The number of fused-ring (bicyclic) bond motifs is 1. The zero-order valence-corrected chi connectivity index (χ0v) is 17.9. The average Bonchev–Trinajstić information content (AvgIpc) is 3.19. The highest BCUT2D eigenvalue weighted by molar-refractivity contribution is 6.36. The summed E-state index contributed by atoms with van der Waals surface area (Å²) in [5.41, 5.74) is 4.49. The molecule has 1 fully saturated rings. The van der Waals surface area contributed by atoms with Crippen molar-refractivity contribution in [2.24, 2.45) is 0 Å². The van der Waals surface area contributed by atoms with E-state index >= 15 is 0 Å². The van der Waals surface area contributed by atoms with Gasteiger partial charge in [0, 0.05) is 50.2 Å². The number of aromatic nitrogens is 4. The number of rotatable bonds is 6. The predicted molar refractivity (Wildman–Crippen MR) is 125 cm³/mol. The van der Waals surface area contributed by atoms with Crippen LogP contribution in [0.5, 0.6) is 5.75 Å². The Morgan fingerprint density at radius 3 is 2.88 bits per heavy atom. The molecule has 4 heterocycles. The minimum Gasteiger partial charge on any atom is -0.508 e. The third-order valence-corrected chi connectivity index (χ3v) is 5.96. The molecule has 0 saturated carbocycles. The van der Waals surface area contributed by atoms with Crippen molar-refractivity contribution in [1.82, 2.24) is 24.5 Å². The summed E-state index contributed by atoms with van der Waals surface area (Å²) < 4.78 is 1.77. The van der Waals surface area contributed by atoms with Crippen LogP contribution < -0.4 is 10.8 Å². The quantitative estimate of drug-likeness (QED) is 0.464. The highest BCUT2D eigenvalue weighted by Crippen LogP contribution is 2.29. The van der Waals surface area contributed by atoms with Crippen LogP contribution in [0.25, 0.3) is 5.65 Å². The van der Waals surface area contributed by atoms with Gasteiger partial charge in [-0.2, -0.15) is 9.61 Å². The first-order chi connectivity index (χ1) is 15.7. The summed E-state index contributed by atoms with van der Waals surface area (Å²) >= 11 is 0. The Balaban J connectivity index is 1.38. The minimum atomic E-state index is 0.305. The van der Waals surface area contributed by atoms with Gasteiger partial charge in [-0.3, -0.25) is 9.88 Å². The first-order valence-corrected chi connectivity index (χ1v) is 10.9. The van der Waals surface area contributed by atoms with E-state index < -0.39 is 0 Å². The Morgan fingerprint density at radius 1 is 1.12 bits per heavy atom. The summed E-state index contributed by atoms with van der Waals surface area (Å²) in [5, 5.41) is 17.7. The van der Waals surface area contributed by atoms with E-state index in [2.05, 4.69) is 32.4 Å². The molecule has 8 heteroatoms. The average molecular weight is 424 g/mol. The Labute approximate surface area is 188 Å². The molecule has 0 aliphatic carbocycles. The molecule has 32 heavy (non-hydrogen) atoms. The Morgan fingerprint density at radius 2 is 2.03 bits per heavy atom. The molecule has 5 rings (SSSR count). The van der Waals surface area contributed by atoms with Crippen molar-refractivity contribution in [3.05, 3.63) is 77.9 Å². The van der Waals surface area contributed by atoms with E-state index in [4.69, 9.17) is 12.8 Å². The van der Waals surface area contributed by atoms with Crippen LogP contribution in [0, 0.1) is 0 Å². The van der Waals surface area contributed by atoms with Crippen LogP contribution in [-0.4, -0.2) is 50.5 Å². The lowest BCUT2D eigenvalue weighted by Gasteiger charge is -2.32. The maximum absolute atomic E-state index is 9.78. The molecule has 0 amide bonds. The highest BCUT2D eigenvalue weighted by atomic mass is 16.3. The van der Waals surface area contributed by atoms with E-state index in [1.165, 1.54) is 0 Å². The van der Waals surface area contributed by atoms with Gasteiger partial charge in [-0.05, 0) is 54.2 Å². The largest absolute Gasteiger partial charge is 0.508 e. The van der Waals surface area contributed by atoms with Crippen LogP contribution in [0.3, 0.4) is 0 Å². The van der Waals surface area contributed by atoms with Gasteiger partial charge >= 0.3 is 0 Å². The van der Waals surface area contributed by atoms with E-state index in [-0.39, 0.29) is 0 Å². The smallest absolute Gasteiger partial charge is 0.150 e. The number of benzene rings is 1. The first kappa shape index (κ1) is 20.5. The number of hydrogen-bond acceptors (Lipinski definition) is 6. The number of pyridine rings is 1. The van der Waals surface area contributed by atoms with Crippen molar-refractivity contribution < 1.29 is 5.11 Å². The van der Waals surface area contributed by atoms with Crippen molar-refractivity contribution >= 4 is 24.8 Å². The lowest BCUT2D eigenvalue weighted by atomic mass is 9.93. The summed E-state index contributed by atoms with van der Waals surface area (Å²) in [7, 11) is 6.18. The molecule has 1 atom stereocenters. The molecule has 1 saturated heterocycles. The van der Waals surface area contributed by atoms with Crippen LogP contribution in [0.2, 0.25) is 0 Å². The first-order valence-electron chi connectivity index (χ1n) is 10.9. The molecule has 3 aromatic heterocycles. The second-order valence-corrected chi connectivity index (χ2v) is 8.36. The number of phenolic OH excluding ortho intramolecular Hbond substituents is 1. The van der Waals surface area contributed by atoms with Crippen LogP contribution in [0.15, 0.2) is 61.1 Å². The molecule has 2 radical (unpaired) electrons. The summed E-state index contributed by atoms with van der Waals surface area (Å²) in [6.07, 6.45) is 7.45. The zero-order valence-electron chi connectivity index (χ0n) is 17.9. The van der Waals surface area contributed by atoms with Crippen LogP contribution in [0.4, 0.5) is 5.82 Å². The maximum atomic E-state index is 9.78. The zero-order chi connectivity index (χ0) is 21.9. The fraction of sp³-hybridized carbons (Fsp3) is 0.292. The number of piperidine rings is 1. The molecule has 1 aliphatic heterocycles. The maximum Gasteiger partial charge on any atom is 0.150 e. The number of phenols is 1.